The van der Waals surface area contributed by atoms with Crippen LogP contribution in [0.15, 0.2) is 48.5 Å². The van der Waals surface area contributed by atoms with Crippen LogP contribution in [-0.4, -0.2) is 42.7 Å². The molecule has 2 atom stereocenters. The molecule has 2 unspecified atom stereocenters. The molecule has 0 aromatic heterocycles. The average Bonchev–Trinajstić information content (AvgIpc) is 2.71. The second kappa shape index (κ2) is 7.52. The van der Waals surface area contributed by atoms with E-state index < -0.39 is 35.4 Å². The molecule has 1 heterocycles. The van der Waals surface area contributed by atoms with Crippen LogP contribution in [0.25, 0.3) is 0 Å². The molecule has 1 aliphatic rings. The highest BCUT2D eigenvalue weighted by atomic mass is 16.6. The van der Waals surface area contributed by atoms with Gasteiger partial charge in [-0.15, -0.1) is 0 Å². The van der Waals surface area contributed by atoms with Crippen molar-refractivity contribution in [2.24, 2.45) is 0 Å². The summed E-state index contributed by atoms with van der Waals surface area (Å²) in [7, 11) is 0. The van der Waals surface area contributed by atoms with Crippen molar-refractivity contribution in [2.75, 3.05) is 0 Å². The molecule has 3 aromatic rings. The van der Waals surface area contributed by atoms with E-state index in [-0.39, 0.29) is 46.1 Å². The molecule has 0 saturated carbocycles. The van der Waals surface area contributed by atoms with Gasteiger partial charge in [0.05, 0.1) is 5.56 Å². The second-order valence-corrected chi connectivity index (χ2v) is 7.09. The number of hydrogen-bond acceptors (Lipinski definition) is 9. The van der Waals surface area contributed by atoms with Crippen LogP contribution in [0.5, 0.6) is 40.2 Å². The number of carbonyl (C=O) groups excluding carboxylic acids is 1. The third-order valence-electron chi connectivity index (χ3n) is 4.93. The third kappa shape index (κ3) is 3.80. The maximum absolute atomic E-state index is 12.7. The lowest BCUT2D eigenvalue weighted by atomic mass is 9.93. The number of phenols is 6. The van der Waals surface area contributed by atoms with Gasteiger partial charge in [0.15, 0.2) is 23.4 Å². The smallest absolute Gasteiger partial charge is 0.338 e. The Labute approximate surface area is 175 Å². The van der Waals surface area contributed by atoms with Crippen LogP contribution in [-0.2, 0) is 11.2 Å². The van der Waals surface area contributed by atoms with Gasteiger partial charge in [0, 0.05) is 29.7 Å². The molecular formula is C22H18O9. The van der Waals surface area contributed by atoms with Crippen LogP contribution in [0.2, 0.25) is 0 Å². The fraction of sp³-hybridized carbons (Fsp3) is 0.136. The van der Waals surface area contributed by atoms with Gasteiger partial charge >= 0.3 is 5.97 Å². The first-order valence-corrected chi connectivity index (χ1v) is 9.19. The highest BCUT2D eigenvalue weighted by Crippen LogP contribution is 2.45. The summed E-state index contributed by atoms with van der Waals surface area (Å²) in [6, 6.07) is 10.2. The summed E-state index contributed by atoms with van der Waals surface area (Å²) < 4.78 is 11.4. The minimum atomic E-state index is -1.06. The van der Waals surface area contributed by atoms with E-state index in [0.29, 0.717) is 0 Å². The number of esters is 1. The van der Waals surface area contributed by atoms with Gasteiger partial charge in [0.1, 0.15) is 29.1 Å². The molecule has 3 aromatic carbocycles. The summed E-state index contributed by atoms with van der Waals surface area (Å²) in [6.07, 6.45) is -2.10. The predicted octanol–water partition coefficient (Wildman–Crippen LogP) is 2.82. The van der Waals surface area contributed by atoms with Crippen molar-refractivity contribution < 1.29 is 44.9 Å². The van der Waals surface area contributed by atoms with Crippen LogP contribution in [0.1, 0.15) is 27.6 Å². The Hall–Kier alpha value is -4.27. The molecule has 0 fully saturated rings. The molecule has 1 aliphatic heterocycles. The lowest BCUT2D eigenvalue weighted by Gasteiger charge is -2.34. The zero-order valence-electron chi connectivity index (χ0n) is 15.9. The second-order valence-electron chi connectivity index (χ2n) is 7.09. The molecule has 0 radical (unpaired) electrons. The monoisotopic (exact) mass is 426 g/mol. The van der Waals surface area contributed by atoms with E-state index in [2.05, 4.69) is 0 Å². The first-order chi connectivity index (χ1) is 14.7. The number of ether oxygens (including phenoxy) is 2. The third-order valence-corrected chi connectivity index (χ3v) is 4.93. The number of aromatic hydroxyl groups is 6. The Balaban J connectivity index is 1.74. The van der Waals surface area contributed by atoms with Crippen molar-refractivity contribution in [3.63, 3.8) is 0 Å². The average molecular weight is 426 g/mol. The van der Waals surface area contributed by atoms with Crippen molar-refractivity contribution in [2.45, 2.75) is 18.6 Å². The summed E-state index contributed by atoms with van der Waals surface area (Å²) in [4.78, 5) is 12.7. The standard InChI is InChI=1S/C22H18O9/c23-12-3-1-2-10(4-12)22(29)31-19-9-14-15(25)7-13(24)8-18(14)30-21(19)11-5-16(26)20(28)17(27)6-11/h1-8,19,21,23-28H,9H2. The highest BCUT2D eigenvalue weighted by molar-refractivity contribution is 5.90. The summed E-state index contributed by atoms with van der Waals surface area (Å²) >= 11 is 0. The molecule has 0 bridgehead atoms. The molecule has 160 valence electrons. The van der Waals surface area contributed by atoms with Crippen molar-refractivity contribution in [3.8, 4) is 40.2 Å². The van der Waals surface area contributed by atoms with Gasteiger partial charge in [-0.05, 0) is 30.3 Å². The van der Waals surface area contributed by atoms with Gasteiger partial charge < -0.3 is 40.1 Å². The van der Waals surface area contributed by atoms with E-state index in [0.717, 1.165) is 18.2 Å². The van der Waals surface area contributed by atoms with Gasteiger partial charge in [0.25, 0.3) is 0 Å². The quantitative estimate of drug-likeness (QED) is 0.274. The Morgan fingerprint density at radius 2 is 1.58 bits per heavy atom. The predicted molar refractivity (Wildman–Crippen MR) is 106 cm³/mol. The van der Waals surface area contributed by atoms with Gasteiger partial charge in [-0.1, -0.05) is 6.07 Å². The van der Waals surface area contributed by atoms with E-state index in [1.165, 1.54) is 30.3 Å². The largest absolute Gasteiger partial charge is 0.508 e. The van der Waals surface area contributed by atoms with Gasteiger partial charge in [-0.25, -0.2) is 4.79 Å². The summed E-state index contributed by atoms with van der Waals surface area (Å²) in [5.41, 5.74) is 0.542. The summed E-state index contributed by atoms with van der Waals surface area (Å²) in [5, 5.41) is 59.0. The molecule has 4 rings (SSSR count). The van der Waals surface area contributed by atoms with Crippen LogP contribution in [0.4, 0.5) is 0 Å². The molecule has 9 heteroatoms. The Morgan fingerprint density at radius 3 is 2.26 bits per heavy atom. The first kappa shape index (κ1) is 20.0. The van der Waals surface area contributed by atoms with Gasteiger partial charge in [0.2, 0.25) is 0 Å². The topological polar surface area (TPSA) is 157 Å². The highest BCUT2D eigenvalue weighted by Gasteiger charge is 2.37. The lowest BCUT2D eigenvalue weighted by Crippen LogP contribution is -2.34. The van der Waals surface area contributed by atoms with E-state index in [1.54, 1.807) is 0 Å². The lowest BCUT2D eigenvalue weighted by molar-refractivity contribution is -0.0189. The first-order valence-electron chi connectivity index (χ1n) is 9.19. The molecule has 31 heavy (non-hydrogen) atoms. The van der Waals surface area contributed by atoms with Crippen LogP contribution < -0.4 is 4.74 Å². The zero-order chi connectivity index (χ0) is 22.3. The number of fused-ring (bicyclic) bond motifs is 1. The molecule has 0 amide bonds. The van der Waals surface area contributed by atoms with Crippen LogP contribution in [0, 0.1) is 0 Å². The van der Waals surface area contributed by atoms with Crippen molar-refractivity contribution in [1.29, 1.82) is 0 Å². The van der Waals surface area contributed by atoms with E-state index >= 15 is 0 Å². The van der Waals surface area contributed by atoms with Gasteiger partial charge in [-0.2, -0.15) is 0 Å². The van der Waals surface area contributed by atoms with Crippen LogP contribution >= 0.6 is 0 Å². The Kier molecular flexibility index (Phi) is 4.86. The molecular weight excluding hydrogens is 408 g/mol. The molecule has 6 N–H and O–H groups in total. The zero-order valence-corrected chi connectivity index (χ0v) is 15.9. The van der Waals surface area contributed by atoms with E-state index in [4.69, 9.17) is 9.47 Å². The Bertz CT molecular complexity index is 1150. The molecule has 0 aliphatic carbocycles. The minimum absolute atomic E-state index is 0.0148. The Morgan fingerprint density at radius 1 is 0.871 bits per heavy atom. The van der Waals surface area contributed by atoms with Crippen molar-refractivity contribution in [3.05, 3.63) is 65.2 Å². The molecule has 0 saturated heterocycles. The maximum Gasteiger partial charge on any atom is 0.338 e. The van der Waals surface area contributed by atoms with E-state index in [1.807, 2.05) is 0 Å². The van der Waals surface area contributed by atoms with Gasteiger partial charge in [-0.3, -0.25) is 0 Å². The number of rotatable bonds is 3. The summed E-state index contributed by atoms with van der Waals surface area (Å²) in [5.74, 6) is -3.23. The van der Waals surface area contributed by atoms with E-state index in [9.17, 15) is 35.4 Å². The number of benzene rings is 3. The number of carbonyl (C=O) groups is 1. The molecule has 0 spiro atoms. The molecule has 9 nitrogen and oxygen atoms in total. The SMILES string of the molecule is O=C(OC1Cc2c(O)cc(O)cc2OC1c1cc(O)c(O)c(O)c1)c1cccc(O)c1. The number of hydrogen-bond donors (Lipinski definition) is 6. The summed E-state index contributed by atoms with van der Waals surface area (Å²) in [6.45, 7) is 0. The fourth-order valence-corrected chi connectivity index (χ4v) is 3.46. The van der Waals surface area contributed by atoms with Crippen molar-refractivity contribution in [1.82, 2.24) is 0 Å². The minimum Gasteiger partial charge on any atom is -0.508 e. The van der Waals surface area contributed by atoms with Crippen molar-refractivity contribution >= 4 is 5.97 Å². The van der Waals surface area contributed by atoms with Crippen LogP contribution in [0.3, 0.4) is 0 Å². The normalized spacial score (nSPS) is 17.4. The number of phenolic OH excluding ortho intramolecular Hbond substituents is 6. The fourth-order valence-electron chi connectivity index (χ4n) is 3.46. The maximum atomic E-state index is 12.7.